The smallest absolute Gasteiger partial charge is 0.331 e. The minimum absolute atomic E-state index is 0.00665. The van der Waals surface area contributed by atoms with Crippen molar-refractivity contribution in [3.05, 3.63) is 23.8 Å². The third-order valence-corrected chi connectivity index (χ3v) is 2.60. The number of carbonyl (C=O) groups excluding carboxylic acids is 1. The second kappa shape index (κ2) is 9.43. The van der Waals surface area contributed by atoms with Crippen LogP contribution in [0.5, 0.6) is 0 Å². The van der Waals surface area contributed by atoms with E-state index in [1.54, 1.807) is 0 Å². The maximum Gasteiger partial charge on any atom is 0.331 e. The van der Waals surface area contributed by atoms with E-state index in [4.69, 9.17) is 24.8 Å². The molecule has 0 aromatic carbocycles. The first-order valence-corrected chi connectivity index (χ1v) is 6.75. The summed E-state index contributed by atoms with van der Waals surface area (Å²) in [6, 6.07) is 0. The fourth-order valence-corrected chi connectivity index (χ4v) is 1.31. The standard InChI is InChI=1S/2C7H8O5/c8-6(9)2-4(7(10)11)1-5-3-12-5;8-6(9)1-2-7(10)12-4-5-3-11-5/h2,5H,1,3H2,(H,8,9)(H,10,11);1-2,5H,3-4H2,(H,8,9)/b4-2-;2-1-. The number of rotatable bonds is 8. The molecule has 132 valence electrons. The molecule has 0 spiro atoms. The number of hydrogen-bond acceptors (Lipinski definition) is 7. The lowest BCUT2D eigenvalue weighted by Crippen LogP contribution is -2.07. The minimum Gasteiger partial charge on any atom is -0.478 e. The van der Waals surface area contributed by atoms with Crippen molar-refractivity contribution >= 4 is 23.9 Å². The Balaban J connectivity index is 0.000000240. The molecule has 3 N–H and O–H groups in total. The lowest BCUT2D eigenvalue weighted by molar-refractivity contribution is -0.139. The molecule has 24 heavy (non-hydrogen) atoms. The van der Waals surface area contributed by atoms with Crippen molar-refractivity contribution in [1.29, 1.82) is 0 Å². The molecule has 2 saturated heterocycles. The molecule has 2 fully saturated rings. The van der Waals surface area contributed by atoms with E-state index in [2.05, 4.69) is 4.74 Å². The Kier molecular flexibility index (Phi) is 7.59. The highest BCUT2D eigenvalue weighted by molar-refractivity contribution is 5.94. The largest absolute Gasteiger partial charge is 0.478 e. The van der Waals surface area contributed by atoms with Gasteiger partial charge >= 0.3 is 23.9 Å². The van der Waals surface area contributed by atoms with Gasteiger partial charge in [0.25, 0.3) is 0 Å². The number of hydrogen-bond donors (Lipinski definition) is 3. The second-order valence-electron chi connectivity index (χ2n) is 4.73. The minimum atomic E-state index is -1.24. The first kappa shape index (κ1) is 19.3. The zero-order chi connectivity index (χ0) is 18.1. The van der Waals surface area contributed by atoms with Crippen molar-refractivity contribution in [1.82, 2.24) is 0 Å². The average Bonchev–Trinajstić information content (AvgIpc) is 3.36. The maximum atomic E-state index is 10.7. The number of carboxylic acid groups (broad SMARTS) is 3. The molecule has 0 aliphatic carbocycles. The highest BCUT2D eigenvalue weighted by atomic mass is 16.6. The van der Waals surface area contributed by atoms with Gasteiger partial charge in [-0.05, 0) is 0 Å². The first-order chi connectivity index (χ1) is 11.3. The number of aliphatic carboxylic acids is 3. The van der Waals surface area contributed by atoms with Gasteiger partial charge in [0.1, 0.15) is 12.7 Å². The van der Waals surface area contributed by atoms with Gasteiger partial charge in [0.2, 0.25) is 0 Å². The van der Waals surface area contributed by atoms with E-state index in [1.165, 1.54) is 0 Å². The summed E-state index contributed by atoms with van der Waals surface area (Å²) in [4.78, 5) is 41.1. The van der Waals surface area contributed by atoms with Crippen molar-refractivity contribution < 1.29 is 48.7 Å². The van der Waals surface area contributed by atoms with Crippen LogP contribution in [-0.4, -0.2) is 71.2 Å². The summed E-state index contributed by atoms with van der Waals surface area (Å²) < 4.78 is 14.1. The summed E-state index contributed by atoms with van der Waals surface area (Å²) in [5.41, 5.74) is -0.120. The van der Waals surface area contributed by atoms with Crippen molar-refractivity contribution in [3.63, 3.8) is 0 Å². The summed E-state index contributed by atoms with van der Waals surface area (Å²) in [7, 11) is 0. The van der Waals surface area contributed by atoms with E-state index < -0.39 is 23.9 Å². The van der Waals surface area contributed by atoms with Gasteiger partial charge in [-0.1, -0.05) is 0 Å². The molecular formula is C14H16O10. The van der Waals surface area contributed by atoms with Gasteiger partial charge in [-0.3, -0.25) is 0 Å². The highest BCUT2D eigenvalue weighted by Gasteiger charge is 2.26. The molecule has 0 saturated carbocycles. The lowest BCUT2D eigenvalue weighted by Gasteiger charge is -1.95. The third-order valence-electron chi connectivity index (χ3n) is 2.60. The molecular weight excluding hydrogens is 328 g/mol. The number of carboxylic acids is 3. The van der Waals surface area contributed by atoms with Gasteiger partial charge in [-0.25, -0.2) is 19.2 Å². The molecule has 2 aliphatic rings. The molecule has 2 aliphatic heterocycles. The van der Waals surface area contributed by atoms with Crippen LogP contribution in [0.3, 0.4) is 0 Å². The molecule has 0 aromatic heterocycles. The van der Waals surface area contributed by atoms with Crippen LogP contribution in [0.1, 0.15) is 6.42 Å². The van der Waals surface area contributed by atoms with Crippen LogP contribution >= 0.6 is 0 Å². The lowest BCUT2D eigenvalue weighted by atomic mass is 10.1. The van der Waals surface area contributed by atoms with Gasteiger partial charge in [-0.15, -0.1) is 0 Å². The van der Waals surface area contributed by atoms with Crippen molar-refractivity contribution in [2.45, 2.75) is 18.6 Å². The average molecular weight is 344 g/mol. The van der Waals surface area contributed by atoms with E-state index in [0.29, 0.717) is 19.3 Å². The molecule has 0 bridgehead atoms. The Morgan fingerprint density at radius 2 is 1.54 bits per heavy atom. The van der Waals surface area contributed by atoms with Crippen LogP contribution in [0.2, 0.25) is 0 Å². The molecule has 2 heterocycles. The summed E-state index contributed by atoms with van der Waals surface area (Å²) in [5.74, 6) is -4.27. The van der Waals surface area contributed by atoms with Crippen LogP contribution in [-0.2, 0) is 33.4 Å². The summed E-state index contributed by atoms with van der Waals surface area (Å²) >= 11 is 0. The van der Waals surface area contributed by atoms with E-state index in [9.17, 15) is 19.2 Å². The summed E-state index contributed by atoms with van der Waals surface area (Å²) in [6.45, 7) is 1.32. The van der Waals surface area contributed by atoms with Crippen LogP contribution in [0.4, 0.5) is 0 Å². The number of ether oxygens (including phenoxy) is 3. The van der Waals surface area contributed by atoms with Crippen LogP contribution < -0.4 is 0 Å². The fourth-order valence-electron chi connectivity index (χ4n) is 1.31. The molecule has 10 nitrogen and oxygen atoms in total. The van der Waals surface area contributed by atoms with Gasteiger partial charge in [0.15, 0.2) is 0 Å². The van der Waals surface area contributed by atoms with Crippen LogP contribution in [0, 0.1) is 0 Å². The van der Waals surface area contributed by atoms with Crippen molar-refractivity contribution in [3.8, 4) is 0 Å². The Bertz CT molecular complexity index is 552. The van der Waals surface area contributed by atoms with Crippen molar-refractivity contribution in [2.75, 3.05) is 19.8 Å². The molecule has 0 radical (unpaired) electrons. The van der Waals surface area contributed by atoms with Crippen molar-refractivity contribution in [2.24, 2.45) is 0 Å². The Morgan fingerprint density at radius 3 is 1.96 bits per heavy atom. The molecule has 2 unspecified atom stereocenters. The second-order valence-corrected chi connectivity index (χ2v) is 4.73. The first-order valence-electron chi connectivity index (χ1n) is 6.75. The van der Waals surface area contributed by atoms with E-state index in [0.717, 1.165) is 12.2 Å². The van der Waals surface area contributed by atoms with Gasteiger partial charge in [0, 0.05) is 30.2 Å². The Hall–Kier alpha value is -2.72. The number of epoxide rings is 2. The molecule has 0 aromatic rings. The Labute approximate surface area is 135 Å². The van der Waals surface area contributed by atoms with E-state index in [-0.39, 0.29) is 30.8 Å². The molecule has 0 amide bonds. The van der Waals surface area contributed by atoms with Gasteiger partial charge in [-0.2, -0.15) is 0 Å². The molecule has 10 heteroatoms. The normalized spacial score (nSPS) is 21.4. The quantitative estimate of drug-likeness (QED) is 0.295. The zero-order valence-corrected chi connectivity index (χ0v) is 12.4. The van der Waals surface area contributed by atoms with Gasteiger partial charge < -0.3 is 29.5 Å². The fraction of sp³-hybridized carbons (Fsp3) is 0.429. The van der Waals surface area contributed by atoms with E-state index in [1.807, 2.05) is 0 Å². The highest BCUT2D eigenvalue weighted by Crippen LogP contribution is 2.18. The summed E-state index contributed by atoms with van der Waals surface area (Å²) in [5, 5.41) is 24.9. The Morgan fingerprint density at radius 1 is 0.958 bits per heavy atom. The maximum absolute atomic E-state index is 10.7. The topological polar surface area (TPSA) is 163 Å². The number of esters is 1. The molecule has 2 rings (SSSR count). The monoisotopic (exact) mass is 344 g/mol. The van der Waals surface area contributed by atoms with Gasteiger partial charge in [0.05, 0.1) is 19.3 Å². The predicted octanol–water partition coefficient (Wildman–Crippen LogP) is -0.560. The predicted molar refractivity (Wildman–Crippen MR) is 75.2 cm³/mol. The summed E-state index contributed by atoms with van der Waals surface area (Å²) in [6.07, 6.45) is 2.37. The number of carbonyl (C=O) groups is 4. The van der Waals surface area contributed by atoms with Crippen LogP contribution in [0.25, 0.3) is 0 Å². The third kappa shape index (κ3) is 10.1. The SMILES string of the molecule is O=C(O)/C=C(/CC1CO1)C(=O)O.O=C(O)/C=C\C(=O)OCC1CO1. The van der Waals surface area contributed by atoms with Crippen LogP contribution in [0.15, 0.2) is 23.8 Å². The van der Waals surface area contributed by atoms with E-state index >= 15 is 0 Å². The zero-order valence-electron chi connectivity index (χ0n) is 12.4. The molecule has 2 atom stereocenters.